The van der Waals surface area contributed by atoms with Crippen LogP contribution in [0.5, 0.6) is 0 Å². The molecule has 1 heterocycles. The first-order valence-electron chi connectivity index (χ1n) is 8.62. The molecule has 6 heteroatoms. The molecule has 1 N–H and O–H groups in total. The van der Waals surface area contributed by atoms with Crippen LogP contribution >= 0.6 is 0 Å². The van der Waals surface area contributed by atoms with E-state index in [1.165, 1.54) is 4.90 Å². The van der Waals surface area contributed by atoms with Gasteiger partial charge in [0.1, 0.15) is 0 Å². The molecule has 1 saturated heterocycles. The monoisotopic (exact) mass is 340 g/mol. The normalized spacial score (nSPS) is 29.3. The predicted molar refractivity (Wildman–Crippen MR) is 92.0 cm³/mol. The van der Waals surface area contributed by atoms with E-state index >= 15 is 0 Å². The predicted octanol–water partition coefficient (Wildman–Crippen LogP) is 2.87. The van der Waals surface area contributed by atoms with Gasteiger partial charge in [-0.1, -0.05) is 18.2 Å². The lowest BCUT2D eigenvalue weighted by molar-refractivity contribution is -0.123. The minimum atomic E-state index is -0.555. The van der Waals surface area contributed by atoms with Crippen molar-refractivity contribution >= 4 is 29.3 Å². The van der Waals surface area contributed by atoms with Gasteiger partial charge in [0, 0.05) is 5.69 Å². The maximum atomic E-state index is 12.9. The second kappa shape index (κ2) is 5.72. The van der Waals surface area contributed by atoms with Gasteiger partial charge in [0.15, 0.2) is 0 Å². The molecule has 2 fully saturated rings. The first-order valence-corrected chi connectivity index (χ1v) is 8.62. The molecule has 6 nitrogen and oxygen atoms in total. The molecule has 1 aromatic carbocycles. The molecule has 0 unspecified atom stereocenters. The zero-order valence-corrected chi connectivity index (χ0v) is 14.2. The number of nitrogens with zero attached hydrogens (tertiary/aromatic N) is 1. The summed E-state index contributed by atoms with van der Waals surface area (Å²) in [5.74, 6) is -0.353. The third kappa shape index (κ3) is 2.27. The third-order valence-corrected chi connectivity index (χ3v) is 5.53. The molecule has 4 rings (SSSR count). The van der Waals surface area contributed by atoms with Gasteiger partial charge in [0.25, 0.3) is 0 Å². The summed E-state index contributed by atoms with van der Waals surface area (Å²) in [6.07, 6.45) is 4.50. The summed E-state index contributed by atoms with van der Waals surface area (Å²) in [7, 11) is 0. The maximum absolute atomic E-state index is 12.9. The molecule has 1 aliphatic heterocycles. The summed E-state index contributed by atoms with van der Waals surface area (Å²) in [4.78, 5) is 38.9. The number of nitrogens with one attached hydrogen (secondary N) is 1. The van der Waals surface area contributed by atoms with E-state index in [1.54, 1.807) is 32.0 Å². The fraction of sp³-hybridized carbons (Fsp3) is 0.421. The van der Waals surface area contributed by atoms with E-state index in [0.717, 1.165) is 6.42 Å². The Hall–Kier alpha value is -2.63. The molecule has 4 atom stereocenters. The van der Waals surface area contributed by atoms with E-state index in [0.29, 0.717) is 16.9 Å². The van der Waals surface area contributed by atoms with Crippen LogP contribution in [0.2, 0.25) is 0 Å². The van der Waals surface area contributed by atoms with E-state index in [4.69, 9.17) is 4.74 Å². The Morgan fingerprint density at radius 2 is 1.84 bits per heavy atom. The fourth-order valence-corrected chi connectivity index (χ4v) is 4.42. The molecule has 0 spiro atoms. The van der Waals surface area contributed by atoms with E-state index in [2.05, 4.69) is 17.5 Å². The Morgan fingerprint density at radius 1 is 1.20 bits per heavy atom. The lowest BCUT2D eigenvalue weighted by Gasteiger charge is -2.21. The zero-order chi connectivity index (χ0) is 17.7. The van der Waals surface area contributed by atoms with Gasteiger partial charge in [0.2, 0.25) is 11.8 Å². The standard InChI is InChI=1S/C19H20N2O4/c1-3-25-19(24)20-13-5-4-6-14(10(13)2)21-17(22)15-11-7-8-12(9-11)16(15)18(21)23/h4-8,11-12,15-16H,3,9H2,1-2H3,(H,20,24)/t11-,12-,15+,16+/m0/s1. The second-order valence-corrected chi connectivity index (χ2v) is 6.81. The Bertz CT molecular complexity index is 771. The number of allylic oxidation sites excluding steroid dienone is 2. The smallest absolute Gasteiger partial charge is 0.411 e. The molecule has 130 valence electrons. The van der Waals surface area contributed by atoms with Crippen molar-refractivity contribution in [2.45, 2.75) is 20.3 Å². The van der Waals surface area contributed by atoms with Crippen molar-refractivity contribution in [2.24, 2.45) is 23.7 Å². The second-order valence-electron chi connectivity index (χ2n) is 6.81. The van der Waals surface area contributed by atoms with Gasteiger partial charge in [-0.2, -0.15) is 0 Å². The van der Waals surface area contributed by atoms with Crippen LogP contribution in [0.3, 0.4) is 0 Å². The Balaban J connectivity index is 1.66. The SMILES string of the molecule is CCOC(=O)Nc1cccc(N2C(=O)[C@H]3[C@H](C2=O)[C@H]2C=C[C@H]3C2)c1C. The summed E-state index contributed by atoms with van der Waals surface area (Å²) < 4.78 is 4.90. The number of rotatable bonds is 3. The number of ether oxygens (including phenoxy) is 1. The number of amides is 3. The van der Waals surface area contributed by atoms with Crippen LogP contribution in [0.1, 0.15) is 18.9 Å². The molecule has 25 heavy (non-hydrogen) atoms. The fourth-order valence-electron chi connectivity index (χ4n) is 4.42. The van der Waals surface area contributed by atoms with Crippen molar-refractivity contribution in [3.63, 3.8) is 0 Å². The zero-order valence-electron chi connectivity index (χ0n) is 14.2. The van der Waals surface area contributed by atoms with E-state index in [1.807, 2.05) is 0 Å². The molecule has 1 aromatic rings. The van der Waals surface area contributed by atoms with Crippen LogP contribution < -0.4 is 10.2 Å². The van der Waals surface area contributed by atoms with Crippen LogP contribution in [-0.2, 0) is 14.3 Å². The first-order chi connectivity index (χ1) is 12.0. The molecule has 3 aliphatic rings. The van der Waals surface area contributed by atoms with Crippen LogP contribution in [0.4, 0.5) is 16.2 Å². The Morgan fingerprint density at radius 3 is 2.44 bits per heavy atom. The summed E-state index contributed by atoms with van der Waals surface area (Å²) in [5.41, 5.74) is 1.75. The summed E-state index contributed by atoms with van der Waals surface area (Å²) >= 11 is 0. The lowest BCUT2D eigenvalue weighted by atomic mass is 9.85. The number of carbonyl (C=O) groups is 3. The van der Waals surface area contributed by atoms with Crippen molar-refractivity contribution in [1.29, 1.82) is 0 Å². The quantitative estimate of drug-likeness (QED) is 0.678. The average Bonchev–Trinajstić information content (AvgIpc) is 3.25. The van der Waals surface area contributed by atoms with E-state index < -0.39 is 6.09 Å². The van der Waals surface area contributed by atoms with Gasteiger partial charge >= 0.3 is 6.09 Å². The summed E-state index contributed by atoms with van der Waals surface area (Å²) in [6, 6.07) is 5.20. The highest BCUT2D eigenvalue weighted by Crippen LogP contribution is 2.53. The molecular weight excluding hydrogens is 320 g/mol. The average molecular weight is 340 g/mol. The number of carbonyl (C=O) groups excluding carboxylic acids is 3. The van der Waals surface area contributed by atoms with Gasteiger partial charge in [-0.3, -0.25) is 14.9 Å². The number of hydrogen-bond acceptors (Lipinski definition) is 4. The number of fused-ring (bicyclic) bond motifs is 5. The van der Waals surface area contributed by atoms with Crippen LogP contribution in [0, 0.1) is 30.6 Å². The van der Waals surface area contributed by atoms with Crippen LogP contribution in [0.25, 0.3) is 0 Å². The molecule has 2 aliphatic carbocycles. The molecule has 2 bridgehead atoms. The van der Waals surface area contributed by atoms with Crippen molar-refractivity contribution in [1.82, 2.24) is 0 Å². The molecule has 1 saturated carbocycles. The van der Waals surface area contributed by atoms with Crippen molar-refractivity contribution in [3.8, 4) is 0 Å². The first kappa shape index (κ1) is 15.9. The molecular formula is C19H20N2O4. The maximum Gasteiger partial charge on any atom is 0.411 e. The van der Waals surface area contributed by atoms with Gasteiger partial charge < -0.3 is 4.74 Å². The van der Waals surface area contributed by atoms with Gasteiger partial charge in [-0.15, -0.1) is 0 Å². The number of imide groups is 1. The van der Waals surface area contributed by atoms with Gasteiger partial charge in [0.05, 0.1) is 24.1 Å². The summed E-state index contributed by atoms with van der Waals surface area (Å²) in [5, 5.41) is 2.66. The Kier molecular flexibility index (Phi) is 3.63. The van der Waals surface area contributed by atoms with Gasteiger partial charge in [-0.25, -0.2) is 9.69 Å². The topological polar surface area (TPSA) is 75.7 Å². The minimum Gasteiger partial charge on any atom is -0.450 e. The van der Waals surface area contributed by atoms with Crippen molar-refractivity contribution in [3.05, 3.63) is 35.9 Å². The third-order valence-electron chi connectivity index (χ3n) is 5.53. The highest BCUT2D eigenvalue weighted by Gasteiger charge is 2.59. The number of anilines is 2. The Labute approximate surface area is 145 Å². The van der Waals surface area contributed by atoms with Crippen molar-refractivity contribution < 1.29 is 19.1 Å². The van der Waals surface area contributed by atoms with Crippen LogP contribution in [-0.4, -0.2) is 24.5 Å². The highest BCUT2D eigenvalue weighted by atomic mass is 16.5. The minimum absolute atomic E-state index is 0.122. The molecule has 3 amide bonds. The van der Waals surface area contributed by atoms with E-state index in [9.17, 15) is 14.4 Å². The lowest BCUT2D eigenvalue weighted by Crippen LogP contribution is -2.33. The number of benzene rings is 1. The summed E-state index contributed by atoms with van der Waals surface area (Å²) in [6.45, 7) is 3.79. The highest BCUT2D eigenvalue weighted by molar-refractivity contribution is 6.23. The van der Waals surface area contributed by atoms with E-state index in [-0.39, 0.29) is 42.1 Å². The largest absolute Gasteiger partial charge is 0.450 e. The van der Waals surface area contributed by atoms with Crippen LogP contribution in [0.15, 0.2) is 30.4 Å². The van der Waals surface area contributed by atoms with Crippen molar-refractivity contribution in [2.75, 3.05) is 16.8 Å². The van der Waals surface area contributed by atoms with Gasteiger partial charge in [-0.05, 0) is 49.8 Å². The number of hydrogen-bond donors (Lipinski definition) is 1. The molecule has 0 radical (unpaired) electrons. The molecule has 0 aromatic heterocycles.